The van der Waals surface area contributed by atoms with E-state index in [-0.39, 0.29) is 18.8 Å². The Labute approximate surface area is 94.4 Å². The topological polar surface area (TPSA) is 35.2 Å². The summed E-state index contributed by atoms with van der Waals surface area (Å²) in [6.45, 7) is 0.384. The molecule has 0 aliphatic carbocycles. The van der Waals surface area contributed by atoms with Gasteiger partial charge in [0.2, 0.25) is 0 Å². The quantitative estimate of drug-likeness (QED) is 0.812. The maximum absolute atomic E-state index is 14.5. The molecule has 0 bridgehead atoms. The largest absolute Gasteiger partial charge is 0.381 e. The first-order chi connectivity index (χ1) is 7.62. The minimum Gasteiger partial charge on any atom is -0.381 e. The van der Waals surface area contributed by atoms with Gasteiger partial charge >= 0.3 is 0 Å². The number of benzene rings is 1. The van der Waals surface area contributed by atoms with Crippen LogP contribution in [0.4, 0.5) is 8.78 Å². The molecule has 0 amide bonds. The monoisotopic (exact) mass is 229 g/mol. The Bertz CT molecular complexity index is 315. The van der Waals surface area contributed by atoms with Crippen LogP contribution in [0.25, 0.3) is 0 Å². The molecule has 0 heterocycles. The lowest BCUT2D eigenvalue weighted by atomic mass is 9.91. The first-order valence-corrected chi connectivity index (χ1v) is 5.26. The summed E-state index contributed by atoms with van der Waals surface area (Å²) in [6, 6.07) is 5.40. The Morgan fingerprint density at radius 1 is 1.31 bits per heavy atom. The third kappa shape index (κ3) is 3.25. The second-order valence-electron chi connectivity index (χ2n) is 3.80. The van der Waals surface area contributed by atoms with Crippen molar-refractivity contribution >= 4 is 0 Å². The average molecular weight is 229 g/mol. The highest BCUT2D eigenvalue weighted by Crippen LogP contribution is 2.31. The molecule has 0 aliphatic heterocycles. The molecule has 0 saturated heterocycles. The lowest BCUT2D eigenvalue weighted by Crippen LogP contribution is -2.27. The van der Waals surface area contributed by atoms with Gasteiger partial charge in [-0.1, -0.05) is 12.1 Å². The van der Waals surface area contributed by atoms with Crippen molar-refractivity contribution < 1.29 is 13.5 Å². The van der Waals surface area contributed by atoms with Gasteiger partial charge in [-0.3, -0.25) is 0 Å². The molecule has 1 aromatic rings. The van der Waals surface area contributed by atoms with Gasteiger partial charge < -0.3 is 10.5 Å². The zero-order chi connectivity index (χ0) is 12.0. The molecule has 0 radical (unpaired) electrons. The summed E-state index contributed by atoms with van der Waals surface area (Å²) in [6.07, 6.45) is 0.847. The summed E-state index contributed by atoms with van der Waals surface area (Å²) in [4.78, 5) is 0. The van der Waals surface area contributed by atoms with Gasteiger partial charge in [0.25, 0.3) is 0 Å². The molecule has 0 saturated carbocycles. The van der Waals surface area contributed by atoms with Gasteiger partial charge in [-0.15, -0.1) is 0 Å². The maximum Gasteiger partial charge on any atom is 0.159 e. The minimum atomic E-state index is -1.58. The van der Waals surface area contributed by atoms with E-state index in [0.29, 0.717) is 18.5 Å². The summed E-state index contributed by atoms with van der Waals surface area (Å²) in [5.74, 6) is -0.373. The molecule has 1 aromatic carbocycles. The molecule has 16 heavy (non-hydrogen) atoms. The van der Waals surface area contributed by atoms with E-state index < -0.39 is 5.67 Å². The number of hydrogen-bond donors (Lipinski definition) is 1. The van der Waals surface area contributed by atoms with E-state index in [1.165, 1.54) is 31.4 Å². The molecule has 1 atom stereocenters. The van der Waals surface area contributed by atoms with Crippen LogP contribution >= 0.6 is 0 Å². The zero-order valence-corrected chi connectivity index (χ0v) is 9.38. The highest BCUT2D eigenvalue weighted by Gasteiger charge is 2.31. The summed E-state index contributed by atoms with van der Waals surface area (Å²) in [5.41, 5.74) is 4.22. The molecular formula is C12H17F2NO. The third-order valence-corrected chi connectivity index (χ3v) is 2.51. The minimum absolute atomic E-state index is 0.0430. The molecule has 2 nitrogen and oxygen atoms in total. The van der Waals surface area contributed by atoms with Crippen molar-refractivity contribution in [3.05, 3.63) is 35.6 Å². The Kier molecular flexibility index (Phi) is 4.83. The Hall–Kier alpha value is -1.00. The fourth-order valence-electron chi connectivity index (χ4n) is 1.66. The van der Waals surface area contributed by atoms with E-state index in [1.807, 2.05) is 0 Å². The van der Waals surface area contributed by atoms with Gasteiger partial charge in [0.05, 0.1) is 6.61 Å². The molecule has 0 spiro atoms. The van der Waals surface area contributed by atoms with Crippen LogP contribution in [-0.2, 0) is 10.4 Å². The Morgan fingerprint density at radius 3 is 2.44 bits per heavy atom. The fraction of sp³-hybridized carbons (Fsp3) is 0.500. The smallest absolute Gasteiger partial charge is 0.159 e. The molecule has 0 fully saturated rings. The van der Waals surface area contributed by atoms with Gasteiger partial charge in [-0.25, -0.2) is 8.78 Å². The molecule has 4 heteroatoms. The van der Waals surface area contributed by atoms with Crippen molar-refractivity contribution in [3.8, 4) is 0 Å². The SMILES string of the molecule is COCC(F)(CCCN)c1ccc(F)cc1. The number of methoxy groups -OCH3 is 1. The number of alkyl halides is 1. The van der Waals surface area contributed by atoms with Crippen LogP contribution in [0.2, 0.25) is 0 Å². The van der Waals surface area contributed by atoms with Crippen molar-refractivity contribution in [2.75, 3.05) is 20.3 Å². The number of rotatable bonds is 6. The summed E-state index contributed by atoms with van der Waals surface area (Å²) < 4.78 is 32.2. The van der Waals surface area contributed by atoms with Crippen LogP contribution in [0.1, 0.15) is 18.4 Å². The maximum atomic E-state index is 14.5. The Balaban J connectivity index is 2.86. The normalized spacial score (nSPS) is 14.8. The van der Waals surface area contributed by atoms with Crippen molar-refractivity contribution in [2.45, 2.75) is 18.5 Å². The van der Waals surface area contributed by atoms with Crippen LogP contribution in [0.3, 0.4) is 0 Å². The molecule has 0 aromatic heterocycles. The molecule has 1 unspecified atom stereocenters. The molecule has 1 rings (SSSR count). The van der Waals surface area contributed by atoms with Gasteiger partial charge in [0.15, 0.2) is 5.67 Å². The highest BCUT2D eigenvalue weighted by molar-refractivity contribution is 5.23. The lowest BCUT2D eigenvalue weighted by Gasteiger charge is -2.24. The number of ether oxygens (including phenoxy) is 1. The molecule has 2 N–H and O–H groups in total. The van der Waals surface area contributed by atoms with E-state index in [2.05, 4.69) is 0 Å². The van der Waals surface area contributed by atoms with Crippen LogP contribution in [-0.4, -0.2) is 20.3 Å². The predicted octanol–water partition coefficient (Wildman–Crippen LogP) is 2.38. The van der Waals surface area contributed by atoms with Crippen LogP contribution < -0.4 is 5.73 Å². The number of nitrogens with two attached hydrogens (primary N) is 1. The highest BCUT2D eigenvalue weighted by atomic mass is 19.1. The van der Waals surface area contributed by atoms with Crippen LogP contribution in [0, 0.1) is 5.82 Å². The number of hydrogen-bond acceptors (Lipinski definition) is 2. The van der Waals surface area contributed by atoms with Crippen molar-refractivity contribution in [3.63, 3.8) is 0 Å². The third-order valence-electron chi connectivity index (χ3n) is 2.51. The average Bonchev–Trinajstić information content (AvgIpc) is 2.27. The molecule has 0 aliphatic rings. The van der Waals surface area contributed by atoms with Crippen LogP contribution in [0.5, 0.6) is 0 Å². The number of halogens is 2. The van der Waals surface area contributed by atoms with Gasteiger partial charge in [-0.05, 0) is 37.1 Å². The fourth-order valence-corrected chi connectivity index (χ4v) is 1.66. The van der Waals surface area contributed by atoms with Crippen LogP contribution in [0.15, 0.2) is 24.3 Å². The van der Waals surface area contributed by atoms with Crippen molar-refractivity contribution in [2.24, 2.45) is 5.73 Å². The van der Waals surface area contributed by atoms with Gasteiger partial charge in [-0.2, -0.15) is 0 Å². The Morgan fingerprint density at radius 2 is 1.94 bits per heavy atom. The first-order valence-electron chi connectivity index (χ1n) is 5.26. The predicted molar refractivity (Wildman–Crippen MR) is 59.4 cm³/mol. The molecular weight excluding hydrogens is 212 g/mol. The second-order valence-corrected chi connectivity index (χ2v) is 3.80. The molecule has 90 valence electrons. The van der Waals surface area contributed by atoms with E-state index in [4.69, 9.17) is 10.5 Å². The summed E-state index contributed by atoms with van der Waals surface area (Å²) in [5, 5.41) is 0. The van der Waals surface area contributed by atoms with Crippen molar-refractivity contribution in [1.29, 1.82) is 0 Å². The first kappa shape index (κ1) is 13.1. The lowest BCUT2D eigenvalue weighted by molar-refractivity contribution is 0.0303. The van der Waals surface area contributed by atoms with E-state index in [9.17, 15) is 8.78 Å². The summed E-state index contributed by atoms with van der Waals surface area (Å²) in [7, 11) is 1.44. The van der Waals surface area contributed by atoms with E-state index >= 15 is 0 Å². The second kappa shape index (κ2) is 5.92. The van der Waals surface area contributed by atoms with Gasteiger partial charge in [0.1, 0.15) is 5.82 Å². The van der Waals surface area contributed by atoms with E-state index in [0.717, 1.165) is 0 Å². The zero-order valence-electron chi connectivity index (χ0n) is 9.38. The van der Waals surface area contributed by atoms with Gasteiger partial charge in [0, 0.05) is 7.11 Å². The standard InChI is InChI=1S/C12H17F2NO/c1-16-9-12(14,7-2-8-15)10-3-5-11(13)6-4-10/h3-6H,2,7-9,15H2,1H3. The summed E-state index contributed by atoms with van der Waals surface area (Å²) >= 11 is 0. The van der Waals surface area contributed by atoms with Crippen molar-refractivity contribution in [1.82, 2.24) is 0 Å². The van der Waals surface area contributed by atoms with E-state index in [1.54, 1.807) is 0 Å².